The standard InChI is InChI=1S/C8H10.C8H14.C3H6.3C2H6.C2H4/c1-7-3-5-8(2)6-4-7;1-2-8-6-4-3-5-7-8;1-3-2;4*1-2/h3-6H,1-2H3;2H,3-7H2,1H3;3H,1H2,2H3;3*1-2H3;1-2H2. The van der Waals surface area contributed by atoms with Crippen molar-refractivity contribution >= 4 is 0 Å². The third-order valence-electron chi connectivity index (χ3n) is 3.12. The first-order valence-corrected chi connectivity index (χ1v) is 10.9. The summed E-state index contributed by atoms with van der Waals surface area (Å²) >= 11 is 0. The molecule has 0 amide bonds. The summed E-state index contributed by atoms with van der Waals surface area (Å²) in [5.41, 5.74) is 4.34. The maximum absolute atomic E-state index is 3.36. The van der Waals surface area contributed by atoms with E-state index in [4.69, 9.17) is 0 Å². The highest BCUT2D eigenvalue weighted by Crippen LogP contribution is 2.21. The zero-order valence-electron chi connectivity index (χ0n) is 20.6. The fourth-order valence-electron chi connectivity index (χ4n) is 1.93. The highest BCUT2D eigenvalue weighted by molar-refractivity contribution is 5.19. The van der Waals surface area contributed by atoms with E-state index in [9.17, 15) is 0 Å². The lowest BCUT2D eigenvalue weighted by molar-refractivity contribution is 0.598. The van der Waals surface area contributed by atoms with Crippen LogP contribution in [0.2, 0.25) is 0 Å². The zero-order chi connectivity index (χ0) is 22.5. The van der Waals surface area contributed by atoms with Crippen LogP contribution >= 0.6 is 0 Å². The molecule has 2 rings (SSSR count). The minimum atomic E-state index is 1.33. The first kappa shape index (κ1) is 36.4. The van der Waals surface area contributed by atoms with Crippen molar-refractivity contribution in [2.75, 3.05) is 0 Å². The number of rotatable bonds is 0. The lowest BCUT2D eigenvalue weighted by Crippen LogP contribution is -1.91. The molecule has 160 valence electrons. The fraction of sp³-hybridized carbons (Fsp3) is 0.556. The third-order valence-corrected chi connectivity index (χ3v) is 3.12. The van der Waals surface area contributed by atoms with Crippen molar-refractivity contribution < 1.29 is 0 Å². The van der Waals surface area contributed by atoms with Gasteiger partial charge in [0.2, 0.25) is 0 Å². The van der Waals surface area contributed by atoms with Gasteiger partial charge in [0.15, 0.2) is 0 Å². The predicted molar refractivity (Wildman–Crippen MR) is 134 cm³/mol. The summed E-state index contributed by atoms with van der Waals surface area (Å²) in [4.78, 5) is 0. The van der Waals surface area contributed by atoms with Crippen molar-refractivity contribution in [3.05, 3.63) is 72.9 Å². The summed E-state index contributed by atoms with van der Waals surface area (Å²) in [7, 11) is 0. The van der Waals surface area contributed by atoms with Crippen LogP contribution in [0.15, 0.2) is 61.7 Å². The van der Waals surface area contributed by atoms with E-state index in [2.05, 4.69) is 70.8 Å². The summed E-state index contributed by atoms with van der Waals surface area (Å²) in [5, 5.41) is 0. The van der Waals surface area contributed by atoms with E-state index in [0.29, 0.717) is 0 Å². The van der Waals surface area contributed by atoms with Crippen LogP contribution in [0.25, 0.3) is 0 Å². The van der Waals surface area contributed by atoms with Crippen LogP contribution < -0.4 is 0 Å². The van der Waals surface area contributed by atoms with E-state index in [-0.39, 0.29) is 0 Å². The molecule has 0 aliphatic heterocycles. The van der Waals surface area contributed by atoms with Gasteiger partial charge in [0.1, 0.15) is 0 Å². The minimum Gasteiger partial charge on any atom is -0.106 e. The van der Waals surface area contributed by atoms with Crippen LogP contribution in [-0.4, -0.2) is 0 Å². The molecular formula is C27H52. The monoisotopic (exact) mass is 376 g/mol. The van der Waals surface area contributed by atoms with Crippen molar-refractivity contribution in [3.8, 4) is 0 Å². The average molecular weight is 377 g/mol. The number of allylic oxidation sites excluding steroid dienone is 3. The van der Waals surface area contributed by atoms with Gasteiger partial charge < -0.3 is 0 Å². The maximum Gasteiger partial charge on any atom is -0.0320 e. The molecule has 1 fully saturated rings. The van der Waals surface area contributed by atoms with Gasteiger partial charge in [-0.2, -0.15) is 0 Å². The summed E-state index contributed by atoms with van der Waals surface area (Å²) in [5.74, 6) is 0. The Morgan fingerprint density at radius 1 is 0.667 bits per heavy atom. The first-order valence-electron chi connectivity index (χ1n) is 10.9. The molecule has 1 aromatic rings. The van der Waals surface area contributed by atoms with Crippen molar-refractivity contribution in [3.63, 3.8) is 0 Å². The number of hydrogen-bond donors (Lipinski definition) is 0. The van der Waals surface area contributed by atoms with Gasteiger partial charge in [0, 0.05) is 0 Å². The van der Waals surface area contributed by atoms with Gasteiger partial charge in [-0.3, -0.25) is 0 Å². The van der Waals surface area contributed by atoms with Crippen LogP contribution in [0.4, 0.5) is 0 Å². The van der Waals surface area contributed by atoms with Crippen molar-refractivity contribution in [1.29, 1.82) is 0 Å². The quantitative estimate of drug-likeness (QED) is 0.395. The molecule has 0 heteroatoms. The van der Waals surface area contributed by atoms with Crippen LogP contribution in [0.5, 0.6) is 0 Å². The van der Waals surface area contributed by atoms with Gasteiger partial charge in [-0.15, -0.1) is 19.7 Å². The minimum absolute atomic E-state index is 1.33. The zero-order valence-corrected chi connectivity index (χ0v) is 20.6. The molecule has 1 aromatic carbocycles. The molecule has 0 nitrogen and oxygen atoms in total. The Hall–Kier alpha value is -1.56. The van der Waals surface area contributed by atoms with Crippen LogP contribution in [0.1, 0.15) is 98.6 Å². The summed E-state index contributed by atoms with van der Waals surface area (Å²) in [6.45, 7) is 29.6. The highest BCUT2D eigenvalue weighted by Gasteiger charge is 2.02. The van der Waals surface area contributed by atoms with Crippen LogP contribution in [0, 0.1) is 13.8 Å². The lowest BCUT2D eigenvalue weighted by atomic mass is 9.95. The lowest BCUT2D eigenvalue weighted by Gasteiger charge is -2.11. The number of benzene rings is 1. The van der Waals surface area contributed by atoms with Crippen molar-refractivity contribution in [2.45, 2.75) is 101 Å². The largest absolute Gasteiger partial charge is 0.106 e. The van der Waals surface area contributed by atoms with E-state index in [0.717, 1.165) is 0 Å². The molecule has 0 spiro atoms. The summed E-state index contributed by atoms with van der Waals surface area (Å²) < 4.78 is 0. The predicted octanol–water partition coefficient (Wildman–Crippen LogP) is 10.3. The maximum atomic E-state index is 3.36. The number of hydrogen-bond acceptors (Lipinski definition) is 0. The van der Waals surface area contributed by atoms with Gasteiger partial charge in [-0.05, 0) is 53.4 Å². The molecule has 27 heavy (non-hydrogen) atoms. The highest BCUT2D eigenvalue weighted by atomic mass is 14.1. The van der Waals surface area contributed by atoms with Crippen LogP contribution in [-0.2, 0) is 0 Å². The third kappa shape index (κ3) is 36.2. The molecule has 0 radical (unpaired) electrons. The Morgan fingerprint density at radius 3 is 1.11 bits per heavy atom. The molecule has 0 N–H and O–H groups in total. The molecule has 0 saturated heterocycles. The SMILES string of the molecule is C=C.C=CC.CC.CC.CC.CC=C1CCCCC1.Cc1ccc(C)cc1. The second-order valence-electron chi connectivity index (χ2n) is 5.07. The fourth-order valence-corrected chi connectivity index (χ4v) is 1.93. The van der Waals surface area contributed by atoms with E-state index < -0.39 is 0 Å². The second-order valence-corrected chi connectivity index (χ2v) is 5.07. The molecule has 0 bridgehead atoms. The van der Waals surface area contributed by atoms with Gasteiger partial charge in [-0.25, -0.2) is 0 Å². The topological polar surface area (TPSA) is 0 Å². The van der Waals surface area contributed by atoms with Crippen LogP contribution in [0.3, 0.4) is 0 Å². The van der Waals surface area contributed by atoms with Gasteiger partial charge in [0.25, 0.3) is 0 Å². The Labute approximate surface area is 174 Å². The molecule has 1 saturated carbocycles. The molecule has 0 atom stereocenters. The number of aryl methyl sites for hydroxylation is 2. The molecule has 0 heterocycles. The van der Waals surface area contributed by atoms with Gasteiger partial charge >= 0.3 is 0 Å². The van der Waals surface area contributed by atoms with Crippen molar-refractivity contribution in [2.24, 2.45) is 0 Å². The van der Waals surface area contributed by atoms with E-state index >= 15 is 0 Å². The van der Waals surface area contributed by atoms with E-state index in [1.807, 2.05) is 48.5 Å². The Bertz CT molecular complexity index is 339. The van der Waals surface area contributed by atoms with E-state index in [1.165, 1.54) is 43.2 Å². The second kappa shape index (κ2) is 39.5. The Balaban J connectivity index is -0.0000000796. The van der Waals surface area contributed by atoms with Gasteiger partial charge in [0.05, 0.1) is 0 Å². The molecule has 0 unspecified atom stereocenters. The molecule has 0 aromatic heterocycles. The smallest absolute Gasteiger partial charge is 0.0320 e. The van der Waals surface area contributed by atoms with Crippen molar-refractivity contribution in [1.82, 2.24) is 0 Å². The molecule has 1 aliphatic rings. The van der Waals surface area contributed by atoms with Gasteiger partial charge in [-0.1, -0.05) is 101 Å². The average Bonchev–Trinajstić information content (AvgIpc) is 2.77. The van der Waals surface area contributed by atoms with E-state index in [1.54, 1.807) is 11.6 Å². The Morgan fingerprint density at radius 2 is 0.926 bits per heavy atom. The normalized spacial score (nSPS) is 10.2. The summed E-state index contributed by atoms with van der Waals surface area (Å²) in [6, 6.07) is 8.48. The molecular weight excluding hydrogens is 324 g/mol. The Kier molecular flexibility index (Phi) is 53.2. The summed E-state index contributed by atoms with van der Waals surface area (Å²) in [6.07, 6.45) is 11.1. The molecule has 1 aliphatic carbocycles. The first-order chi connectivity index (χ1) is 13.1.